The van der Waals surface area contributed by atoms with Crippen molar-refractivity contribution in [3.05, 3.63) is 96.6 Å². The van der Waals surface area contributed by atoms with Crippen LogP contribution < -0.4 is 10.4 Å². The number of hydrogen-bond donors (Lipinski definition) is 0. The van der Waals surface area contributed by atoms with Gasteiger partial charge in [0.1, 0.15) is 0 Å². The molecule has 0 radical (unpaired) electrons. The van der Waals surface area contributed by atoms with E-state index in [0.29, 0.717) is 0 Å². The van der Waals surface area contributed by atoms with E-state index in [-0.39, 0.29) is 11.0 Å². The van der Waals surface area contributed by atoms with E-state index >= 15 is 0 Å². The molecule has 0 N–H and O–H groups in total. The maximum atomic E-state index is 3.89. The molecule has 27 heavy (non-hydrogen) atoms. The summed E-state index contributed by atoms with van der Waals surface area (Å²) in [4.78, 5) is 0. The highest BCUT2D eigenvalue weighted by atomic mass is 28.3. The Hall–Kier alpha value is -2.56. The topological polar surface area (TPSA) is 0 Å². The maximum absolute atomic E-state index is 3.89. The van der Waals surface area contributed by atoms with Crippen LogP contribution in [0.25, 0.3) is 0 Å². The van der Waals surface area contributed by atoms with Crippen LogP contribution in [0.4, 0.5) is 0 Å². The normalized spacial score (nSPS) is 12.7. The molecule has 0 bridgehead atoms. The molecule has 0 nitrogen and oxygen atoms in total. The molecular formula is C26H28Si. The van der Waals surface area contributed by atoms with Gasteiger partial charge in [-0.3, -0.25) is 0 Å². The second-order valence-electron chi connectivity index (χ2n) is 8.13. The Morgan fingerprint density at radius 1 is 0.667 bits per heavy atom. The Kier molecular flexibility index (Phi) is 5.68. The standard InChI is InChI=1S/C26H28Si/c1-22(23-14-8-5-9-15-23)20-21-27(26(2,3)4,24-16-10-6-11-17-24)25-18-12-7-13-19-25/h5-19,22H,1-4H3/t22-/m1/s1. The molecule has 0 aliphatic heterocycles. The van der Waals surface area contributed by atoms with Crippen molar-refractivity contribution >= 4 is 18.4 Å². The fraction of sp³-hybridized carbons (Fsp3) is 0.231. The smallest absolute Gasteiger partial charge is 0.119 e. The number of rotatable bonds is 3. The molecule has 0 spiro atoms. The molecule has 0 fully saturated rings. The third-order valence-corrected chi connectivity index (χ3v) is 10.5. The highest BCUT2D eigenvalue weighted by molar-refractivity contribution is 7.10. The largest absolute Gasteiger partial charge is 0.204 e. The molecule has 0 aliphatic rings. The van der Waals surface area contributed by atoms with Crippen molar-refractivity contribution in [2.45, 2.75) is 38.7 Å². The van der Waals surface area contributed by atoms with E-state index in [2.05, 4.69) is 130 Å². The average molecular weight is 369 g/mol. The summed E-state index contributed by atoms with van der Waals surface area (Å²) in [6.45, 7) is 9.25. The lowest BCUT2D eigenvalue weighted by molar-refractivity contribution is 0.740. The third-order valence-electron chi connectivity index (χ3n) is 5.31. The van der Waals surface area contributed by atoms with E-state index in [1.54, 1.807) is 0 Å². The van der Waals surface area contributed by atoms with Gasteiger partial charge in [-0.1, -0.05) is 112 Å². The molecule has 136 valence electrons. The highest BCUT2D eigenvalue weighted by Gasteiger charge is 2.46. The van der Waals surface area contributed by atoms with Crippen LogP contribution in [0.2, 0.25) is 5.04 Å². The molecule has 3 aromatic carbocycles. The minimum atomic E-state index is -2.31. The van der Waals surface area contributed by atoms with Crippen LogP contribution in [0.15, 0.2) is 91.0 Å². The highest BCUT2D eigenvalue weighted by Crippen LogP contribution is 2.35. The van der Waals surface area contributed by atoms with Crippen molar-refractivity contribution in [3.8, 4) is 11.5 Å². The first-order chi connectivity index (χ1) is 12.9. The Balaban J connectivity index is 2.21. The Labute approximate surface area is 165 Å². The lowest BCUT2D eigenvalue weighted by atomic mass is 10.0. The Morgan fingerprint density at radius 3 is 1.48 bits per heavy atom. The van der Waals surface area contributed by atoms with Gasteiger partial charge in [-0.15, -0.1) is 11.5 Å². The fourth-order valence-electron chi connectivity index (χ4n) is 3.78. The van der Waals surface area contributed by atoms with Gasteiger partial charge in [0.05, 0.1) is 0 Å². The van der Waals surface area contributed by atoms with Gasteiger partial charge in [-0.25, -0.2) is 0 Å². The predicted octanol–water partition coefficient (Wildman–Crippen LogP) is 5.40. The van der Waals surface area contributed by atoms with Gasteiger partial charge in [0.2, 0.25) is 8.07 Å². The summed E-state index contributed by atoms with van der Waals surface area (Å²) in [7, 11) is -2.31. The van der Waals surface area contributed by atoms with Gasteiger partial charge in [-0.05, 0) is 27.9 Å². The van der Waals surface area contributed by atoms with E-state index < -0.39 is 8.07 Å². The van der Waals surface area contributed by atoms with E-state index in [4.69, 9.17) is 0 Å². The second kappa shape index (κ2) is 7.99. The van der Waals surface area contributed by atoms with Crippen molar-refractivity contribution in [2.75, 3.05) is 0 Å². The van der Waals surface area contributed by atoms with Crippen molar-refractivity contribution < 1.29 is 0 Å². The van der Waals surface area contributed by atoms with Crippen LogP contribution in [0, 0.1) is 11.5 Å². The van der Waals surface area contributed by atoms with Crippen molar-refractivity contribution in [1.29, 1.82) is 0 Å². The predicted molar refractivity (Wildman–Crippen MR) is 120 cm³/mol. The fourth-order valence-corrected chi connectivity index (χ4v) is 8.33. The molecule has 0 unspecified atom stereocenters. The molecule has 0 amide bonds. The van der Waals surface area contributed by atoms with E-state index in [1.165, 1.54) is 15.9 Å². The first-order valence-corrected chi connectivity index (χ1v) is 11.6. The number of hydrogen-bond acceptors (Lipinski definition) is 0. The summed E-state index contributed by atoms with van der Waals surface area (Å²) >= 11 is 0. The summed E-state index contributed by atoms with van der Waals surface area (Å²) in [5.41, 5.74) is 5.17. The second-order valence-corrected chi connectivity index (χ2v) is 12.5. The molecule has 0 aromatic heterocycles. The molecule has 0 heterocycles. The van der Waals surface area contributed by atoms with E-state index in [0.717, 1.165) is 0 Å². The van der Waals surface area contributed by atoms with Crippen LogP contribution in [0.3, 0.4) is 0 Å². The minimum absolute atomic E-state index is 0.0686. The third kappa shape index (κ3) is 3.92. The van der Waals surface area contributed by atoms with Gasteiger partial charge in [0.15, 0.2) is 0 Å². The summed E-state index contributed by atoms with van der Waals surface area (Å²) < 4.78 is 0. The lowest BCUT2D eigenvalue weighted by Crippen LogP contribution is -2.63. The zero-order chi connectivity index (χ0) is 19.3. The van der Waals surface area contributed by atoms with Crippen molar-refractivity contribution in [3.63, 3.8) is 0 Å². The molecule has 0 aliphatic carbocycles. The average Bonchev–Trinajstić information content (AvgIpc) is 2.69. The molecule has 1 atom stereocenters. The van der Waals surface area contributed by atoms with Gasteiger partial charge >= 0.3 is 0 Å². The first kappa shape index (κ1) is 19.2. The van der Waals surface area contributed by atoms with Crippen LogP contribution in [0.5, 0.6) is 0 Å². The molecule has 0 saturated heterocycles. The van der Waals surface area contributed by atoms with Crippen molar-refractivity contribution in [2.24, 2.45) is 0 Å². The van der Waals surface area contributed by atoms with Crippen LogP contribution in [-0.4, -0.2) is 8.07 Å². The van der Waals surface area contributed by atoms with Crippen LogP contribution >= 0.6 is 0 Å². The monoisotopic (exact) mass is 368 g/mol. The van der Waals surface area contributed by atoms with Gasteiger partial charge in [0.25, 0.3) is 0 Å². The van der Waals surface area contributed by atoms with E-state index in [9.17, 15) is 0 Å². The maximum Gasteiger partial charge on any atom is 0.204 e. The SMILES string of the molecule is C[C@H](C#C[Si](c1ccccc1)(c1ccccc1)C(C)(C)C)c1ccccc1. The zero-order valence-corrected chi connectivity index (χ0v) is 17.7. The summed E-state index contributed by atoms with van der Waals surface area (Å²) in [6, 6.07) is 32.4. The summed E-state index contributed by atoms with van der Waals surface area (Å²) in [6.07, 6.45) is 0. The zero-order valence-electron chi connectivity index (χ0n) is 16.7. The molecule has 3 aromatic rings. The van der Waals surface area contributed by atoms with Gasteiger partial charge in [0, 0.05) is 5.92 Å². The van der Waals surface area contributed by atoms with Crippen LogP contribution in [-0.2, 0) is 0 Å². The number of benzene rings is 3. The lowest BCUT2D eigenvalue weighted by Gasteiger charge is -2.39. The minimum Gasteiger partial charge on any atom is -0.119 e. The van der Waals surface area contributed by atoms with E-state index in [1.807, 2.05) is 0 Å². The summed E-state index contributed by atoms with van der Waals surface area (Å²) in [5.74, 6) is 3.87. The molecular weight excluding hydrogens is 340 g/mol. The molecule has 3 rings (SSSR count). The first-order valence-electron chi connectivity index (χ1n) is 9.64. The Bertz CT molecular complexity index is 870. The molecule has 1 heteroatoms. The van der Waals surface area contributed by atoms with Crippen LogP contribution in [0.1, 0.15) is 39.2 Å². The van der Waals surface area contributed by atoms with Crippen molar-refractivity contribution in [1.82, 2.24) is 0 Å². The van der Waals surface area contributed by atoms with Gasteiger partial charge in [-0.2, -0.15) is 0 Å². The van der Waals surface area contributed by atoms with Gasteiger partial charge < -0.3 is 0 Å². The Morgan fingerprint density at radius 2 is 1.07 bits per heavy atom. The summed E-state index contributed by atoms with van der Waals surface area (Å²) in [5, 5.41) is 2.84. The quantitative estimate of drug-likeness (QED) is 0.429. The molecule has 0 saturated carbocycles.